The Morgan fingerprint density at radius 1 is 1.39 bits per heavy atom. The summed E-state index contributed by atoms with van der Waals surface area (Å²) in [5.74, 6) is -1.10. The normalized spacial score (nSPS) is 20.3. The molecule has 1 amide bonds. The van der Waals surface area contributed by atoms with Crippen LogP contribution in [-0.4, -0.2) is 34.7 Å². The standard InChI is InChI=1S/C13H23NO4/c1-8(2)13(3,12(17)18)6-11(16)14-7-10(15)9-4-5-9/h8-10,15H,4-7H2,1-3H3,(H,14,16)(H,17,18). The number of carbonyl (C=O) groups excluding carboxylic acids is 1. The number of aliphatic carboxylic acids is 1. The van der Waals surface area contributed by atoms with Gasteiger partial charge in [-0.05, 0) is 31.6 Å². The first-order valence-corrected chi connectivity index (χ1v) is 6.45. The predicted molar refractivity (Wildman–Crippen MR) is 66.9 cm³/mol. The predicted octanol–water partition coefficient (Wildman–Crippen LogP) is 1.01. The molecule has 0 aliphatic heterocycles. The number of aliphatic hydroxyl groups is 1. The minimum absolute atomic E-state index is 0.0581. The Balaban J connectivity index is 2.43. The van der Waals surface area contributed by atoms with E-state index >= 15 is 0 Å². The zero-order valence-electron chi connectivity index (χ0n) is 11.3. The van der Waals surface area contributed by atoms with Gasteiger partial charge < -0.3 is 15.5 Å². The van der Waals surface area contributed by atoms with E-state index in [0.717, 1.165) is 12.8 Å². The Labute approximate surface area is 108 Å². The van der Waals surface area contributed by atoms with Gasteiger partial charge in [-0.3, -0.25) is 9.59 Å². The molecule has 1 aliphatic carbocycles. The molecule has 0 radical (unpaired) electrons. The van der Waals surface area contributed by atoms with Crippen molar-refractivity contribution in [1.82, 2.24) is 5.32 Å². The van der Waals surface area contributed by atoms with Crippen molar-refractivity contribution in [2.45, 2.75) is 46.1 Å². The van der Waals surface area contributed by atoms with Crippen LogP contribution in [0, 0.1) is 17.3 Å². The summed E-state index contributed by atoms with van der Waals surface area (Å²) in [4.78, 5) is 23.0. The number of carbonyl (C=O) groups is 2. The molecule has 1 rings (SSSR count). The fraction of sp³-hybridized carbons (Fsp3) is 0.846. The summed E-state index contributed by atoms with van der Waals surface area (Å²) < 4.78 is 0. The summed E-state index contributed by atoms with van der Waals surface area (Å²) in [7, 11) is 0. The van der Waals surface area contributed by atoms with E-state index < -0.39 is 17.5 Å². The summed E-state index contributed by atoms with van der Waals surface area (Å²) in [5.41, 5.74) is -1.06. The molecular formula is C13H23NO4. The second kappa shape index (κ2) is 5.69. The topological polar surface area (TPSA) is 86.6 Å². The number of hydrogen-bond donors (Lipinski definition) is 3. The first kappa shape index (κ1) is 15.0. The zero-order chi connectivity index (χ0) is 13.9. The number of rotatable bonds is 7. The lowest BCUT2D eigenvalue weighted by Crippen LogP contribution is -2.41. The molecule has 1 aliphatic rings. The van der Waals surface area contributed by atoms with Crippen LogP contribution >= 0.6 is 0 Å². The lowest BCUT2D eigenvalue weighted by Gasteiger charge is -2.28. The number of carboxylic acids is 1. The number of carboxylic acid groups (broad SMARTS) is 1. The van der Waals surface area contributed by atoms with Crippen molar-refractivity contribution in [3.63, 3.8) is 0 Å². The monoisotopic (exact) mass is 257 g/mol. The van der Waals surface area contributed by atoms with Crippen molar-refractivity contribution in [3.05, 3.63) is 0 Å². The van der Waals surface area contributed by atoms with E-state index in [1.54, 1.807) is 20.8 Å². The molecule has 2 unspecified atom stereocenters. The number of aliphatic hydroxyl groups excluding tert-OH is 1. The van der Waals surface area contributed by atoms with Crippen molar-refractivity contribution >= 4 is 11.9 Å². The van der Waals surface area contributed by atoms with Gasteiger partial charge in [-0.1, -0.05) is 13.8 Å². The van der Waals surface area contributed by atoms with E-state index in [4.69, 9.17) is 0 Å². The van der Waals surface area contributed by atoms with Crippen molar-refractivity contribution in [2.75, 3.05) is 6.54 Å². The van der Waals surface area contributed by atoms with Crippen LogP contribution in [-0.2, 0) is 9.59 Å². The van der Waals surface area contributed by atoms with Gasteiger partial charge in [0.1, 0.15) is 0 Å². The van der Waals surface area contributed by atoms with Crippen LogP contribution < -0.4 is 5.32 Å². The maximum Gasteiger partial charge on any atom is 0.310 e. The molecule has 0 aromatic heterocycles. The Hall–Kier alpha value is -1.10. The molecule has 0 heterocycles. The van der Waals surface area contributed by atoms with Crippen LogP contribution in [0.25, 0.3) is 0 Å². The van der Waals surface area contributed by atoms with Crippen LogP contribution in [0.1, 0.15) is 40.0 Å². The van der Waals surface area contributed by atoms with E-state index in [1.165, 1.54) is 0 Å². The SMILES string of the molecule is CC(C)C(C)(CC(=O)NCC(O)C1CC1)C(=O)O. The fourth-order valence-corrected chi connectivity index (χ4v) is 1.79. The van der Waals surface area contributed by atoms with Crippen molar-refractivity contribution in [3.8, 4) is 0 Å². The Bertz CT molecular complexity index is 325. The third-order valence-corrected chi connectivity index (χ3v) is 3.97. The second-order valence-corrected chi connectivity index (χ2v) is 5.76. The van der Waals surface area contributed by atoms with Gasteiger partial charge in [0.25, 0.3) is 0 Å². The molecule has 18 heavy (non-hydrogen) atoms. The van der Waals surface area contributed by atoms with Gasteiger partial charge in [0.05, 0.1) is 11.5 Å². The van der Waals surface area contributed by atoms with Crippen LogP contribution in [0.5, 0.6) is 0 Å². The summed E-state index contributed by atoms with van der Waals surface area (Å²) in [5, 5.41) is 21.4. The molecule has 0 bridgehead atoms. The quantitative estimate of drug-likeness (QED) is 0.635. The van der Waals surface area contributed by atoms with Gasteiger partial charge in [0.2, 0.25) is 5.91 Å². The molecule has 0 aromatic carbocycles. The van der Waals surface area contributed by atoms with Gasteiger partial charge >= 0.3 is 5.97 Å². The van der Waals surface area contributed by atoms with Crippen molar-refractivity contribution < 1.29 is 19.8 Å². The van der Waals surface area contributed by atoms with E-state index in [1.807, 2.05) is 0 Å². The molecule has 3 N–H and O–H groups in total. The fourth-order valence-electron chi connectivity index (χ4n) is 1.79. The van der Waals surface area contributed by atoms with Crippen LogP contribution in [0.3, 0.4) is 0 Å². The second-order valence-electron chi connectivity index (χ2n) is 5.76. The maximum absolute atomic E-state index is 11.7. The van der Waals surface area contributed by atoms with E-state index in [9.17, 15) is 19.8 Å². The maximum atomic E-state index is 11.7. The van der Waals surface area contributed by atoms with Crippen LogP contribution in [0.4, 0.5) is 0 Å². The number of amides is 1. The van der Waals surface area contributed by atoms with E-state index in [-0.39, 0.29) is 24.8 Å². The highest BCUT2D eigenvalue weighted by Crippen LogP contribution is 2.33. The third-order valence-electron chi connectivity index (χ3n) is 3.97. The molecule has 1 saturated carbocycles. The minimum atomic E-state index is -1.06. The molecule has 1 fully saturated rings. The Morgan fingerprint density at radius 3 is 2.33 bits per heavy atom. The van der Waals surface area contributed by atoms with E-state index in [2.05, 4.69) is 5.32 Å². The zero-order valence-corrected chi connectivity index (χ0v) is 11.3. The molecule has 0 spiro atoms. The molecule has 5 heteroatoms. The first-order valence-electron chi connectivity index (χ1n) is 6.45. The molecule has 104 valence electrons. The Morgan fingerprint density at radius 2 is 1.94 bits per heavy atom. The van der Waals surface area contributed by atoms with Gasteiger partial charge in [0.15, 0.2) is 0 Å². The van der Waals surface area contributed by atoms with Gasteiger partial charge in [-0.15, -0.1) is 0 Å². The first-order chi connectivity index (χ1) is 8.27. The Kier molecular flexibility index (Phi) is 4.73. The molecule has 0 aromatic rings. The highest BCUT2D eigenvalue weighted by molar-refractivity contribution is 5.84. The largest absolute Gasteiger partial charge is 0.481 e. The van der Waals surface area contributed by atoms with Gasteiger partial charge in [-0.25, -0.2) is 0 Å². The van der Waals surface area contributed by atoms with Gasteiger partial charge in [-0.2, -0.15) is 0 Å². The van der Waals surface area contributed by atoms with Crippen molar-refractivity contribution in [1.29, 1.82) is 0 Å². The summed E-state index contributed by atoms with van der Waals surface area (Å²) in [6.45, 7) is 5.38. The lowest BCUT2D eigenvalue weighted by molar-refractivity contribution is -0.153. The number of hydrogen-bond acceptors (Lipinski definition) is 3. The van der Waals surface area contributed by atoms with Crippen molar-refractivity contribution in [2.24, 2.45) is 17.3 Å². The lowest BCUT2D eigenvalue weighted by atomic mass is 9.76. The summed E-state index contributed by atoms with van der Waals surface area (Å²) >= 11 is 0. The number of nitrogens with one attached hydrogen (secondary N) is 1. The minimum Gasteiger partial charge on any atom is -0.481 e. The molecular weight excluding hydrogens is 234 g/mol. The summed E-state index contributed by atoms with van der Waals surface area (Å²) in [6, 6.07) is 0. The van der Waals surface area contributed by atoms with Crippen LogP contribution in [0.2, 0.25) is 0 Å². The summed E-state index contributed by atoms with van der Waals surface area (Å²) in [6.07, 6.45) is 1.47. The van der Waals surface area contributed by atoms with Gasteiger partial charge in [0, 0.05) is 13.0 Å². The van der Waals surface area contributed by atoms with Crippen LogP contribution in [0.15, 0.2) is 0 Å². The highest BCUT2D eigenvalue weighted by atomic mass is 16.4. The average Bonchev–Trinajstić information content (AvgIpc) is 3.08. The smallest absolute Gasteiger partial charge is 0.310 e. The molecule has 2 atom stereocenters. The van der Waals surface area contributed by atoms with E-state index in [0.29, 0.717) is 5.92 Å². The third kappa shape index (κ3) is 3.70. The molecule has 5 nitrogen and oxygen atoms in total. The average molecular weight is 257 g/mol. The highest BCUT2D eigenvalue weighted by Gasteiger charge is 2.39. The molecule has 0 saturated heterocycles.